The zero-order chi connectivity index (χ0) is 12.6. The van der Waals surface area contributed by atoms with E-state index in [-0.39, 0.29) is 0 Å². The fourth-order valence-electron chi connectivity index (χ4n) is 1.87. The Morgan fingerprint density at radius 1 is 1.33 bits per heavy atom. The molecule has 5 nitrogen and oxygen atoms in total. The molecule has 2 rings (SSSR count). The van der Waals surface area contributed by atoms with Gasteiger partial charge in [0.05, 0.1) is 0 Å². The van der Waals surface area contributed by atoms with E-state index in [1.165, 1.54) is 24.6 Å². The van der Waals surface area contributed by atoms with Gasteiger partial charge < -0.3 is 10.6 Å². The lowest BCUT2D eigenvalue weighted by atomic mass is 10.4. The van der Waals surface area contributed by atoms with E-state index in [1.54, 1.807) is 6.20 Å². The summed E-state index contributed by atoms with van der Waals surface area (Å²) in [6.45, 7) is 7.32. The molecule has 1 aliphatic rings. The highest BCUT2D eigenvalue weighted by atomic mass is 32.2. The molecule has 1 aromatic rings. The van der Waals surface area contributed by atoms with Crippen LogP contribution in [0.1, 0.15) is 6.92 Å². The third-order valence-corrected chi connectivity index (χ3v) is 3.77. The van der Waals surface area contributed by atoms with Gasteiger partial charge in [-0.05, 0) is 13.0 Å². The number of thioether (sulfide) groups is 1. The van der Waals surface area contributed by atoms with Gasteiger partial charge in [0.2, 0.25) is 5.95 Å². The van der Waals surface area contributed by atoms with E-state index >= 15 is 0 Å². The quantitative estimate of drug-likeness (QED) is 0.812. The Kier molecular flexibility index (Phi) is 5.54. The van der Waals surface area contributed by atoms with Crippen molar-refractivity contribution in [3.05, 3.63) is 12.3 Å². The van der Waals surface area contributed by atoms with Gasteiger partial charge in [-0.25, -0.2) is 4.98 Å². The Hall–Kier alpha value is -1.01. The summed E-state index contributed by atoms with van der Waals surface area (Å²) in [7, 11) is 0. The van der Waals surface area contributed by atoms with Gasteiger partial charge >= 0.3 is 0 Å². The molecule has 1 aliphatic heterocycles. The highest BCUT2D eigenvalue weighted by Gasteiger charge is 2.09. The van der Waals surface area contributed by atoms with Crippen molar-refractivity contribution in [2.75, 3.05) is 54.9 Å². The van der Waals surface area contributed by atoms with E-state index in [0.29, 0.717) is 5.95 Å². The molecule has 1 saturated heterocycles. The molecular weight excluding hydrogens is 246 g/mol. The summed E-state index contributed by atoms with van der Waals surface area (Å²) < 4.78 is 0. The molecule has 0 spiro atoms. The van der Waals surface area contributed by atoms with Crippen LogP contribution in [0.5, 0.6) is 0 Å². The van der Waals surface area contributed by atoms with Crippen LogP contribution in [0.15, 0.2) is 12.3 Å². The van der Waals surface area contributed by atoms with Crippen molar-refractivity contribution in [1.82, 2.24) is 14.9 Å². The minimum Gasteiger partial charge on any atom is -0.369 e. The fourth-order valence-corrected chi connectivity index (χ4v) is 2.85. The topological polar surface area (TPSA) is 53.1 Å². The van der Waals surface area contributed by atoms with Gasteiger partial charge in [0, 0.05) is 50.4 Å². The number of anilines is 2. The van der Waals surface area contributed by atoms with Crippen molar-refractivity contribution >= 4 is 23.5 Å². The van der Waals surface area contributed by atoms with Crippen molar-refractivity contribution in [2.45, 2.75) is 6.92 Å². The van der Waals surface area contributed by atoms with Crippen LogP contribution in [0.4, 0.5) is 11.8 Å². The summed E-state index contributed by atoms with van der Waals surface area (Å²) in [4.78, 5) is 11.0. The summed E-state index contributed by atoms with van der Waals surface area (Å²) in [5, 5.41) is 6.46. The van der Waals surface area contributed by atoms with Crippen LogP contribution in [0.25, 0.3) is 0 Å². The number of rotatable bonds is 6. The van der Waals surface area contributed by atoms with Crippen LogP contribution in [0.3, 0.4) is 0 Å². The Morgan fingerprint density at radius 3 is 2.94 bits per heavy atom. The largest absolute Gasteiger partial charge is 0.369 e. The molecule has 0 aromatic carbocycles. The highest BCUT2D eigenvalue weighted by Crippen LogP contribution is 2.09. The third-order valence-electron chi connectivity index (χ3n) is 2.83. The zero-order valence-electron chi connectivity index (χ0n) is 10.9. The fraction of sp³-hybridized carbons (Fsp3) is 0.667. The van der Waals surface area contributed by atoms with E-state index in [1.807, 2.05) is 24.8 Å². The van der Waals surface area contributed by atoms with E-state index in [2.05, 4.69) is 25.5 Å². The summed E-state index contributed by atoms with van der Waals surface area (Å²) >= 11 is 2.04. The molecule has 0 radical (unpaired) electrons. The second kappa shape index (κ2) is 7.43. The number of hydrogen-bond acceptors (Lipinski definition) is 6. The van der Waals surface area contributed by atoms with Gasteiger partial charge in [-0.3, -0.25) is 4.90 Å². The minimum absolute atomic E-state index is 0.692. The number of nitrogens with one attached hydrogen (secondary N) is 2. The molecular formula is C12H21N5S. The Balaban J connectivity index is 1.73. The molecule has 0 saturated carbocycles. The molecule has 0 bridgehead atoms. The standard InChI is InChI=1S/C12H21N5S/c1-2-13-12-15-4-3-11(16-12)14-5-6-17-7-9-18-10-8-17/h3-4H,2,5-10H2,1H3,(H2,13,14,15,16). The number of nitrogens with zero attached hydrogens (tertiary/aromatic N) is 3. The van der Waals surface area contributed by atoms with Gasteiger partial charge in [0.15, 0.2) is 0 Å². The van der Waals surface area contributed by atoms with Crippen molar-refractivity contribution in [3.8, 4) is 0 Å². The lowest BCUT2D eigenvalue weighted by Crippen LogP contribution is -2.36. The SMILES string of the molecule is CCNc1nccc(NCCN2CCSCC2)n1. The van der Waals surface area contributed by atoms with Crippen LogP contribution in [-0.2, 0) is 0 Å². The third kappa shape index (κ3) is 4.34. The molecule has 1 aromatic heterocycles. The van der Waals surface area contributed by atoms with Gasteiger partial charge in [-0.1, -0.05) is 0 Å². The smallest absolute Gasteiger partial charge is 0.224 e. The summed E-state index contributed by atoms with van der Waals surface area (Å²) in [6, 6.07) is 1.91. The Morgan fingerprint density at radius 2 is 2.17 bits per heavy atom. The van der Waals surface area contributed by atoms with Crippen molar-refractivity contribution < 1.29 is 0 Å². The predicted octanol–water partition coefficient (Wildman–Crippen LogP) is 1.37. The first-order valence-corrected chi connectivity index (χ1v) is 7.65. The number of hydrogen-bond donors (Lipinski definition) is 2. The highest BCUT2D eigenvalue weighted by molar-refractivity contribution is 7.99. The van der Waals surface area contributed by atoms with Crippen molar-refractivity contribution in [1.29, 1.82) is 0 Å². The van der Waals surface area contributed by atoms with Gasteiger partial charge in [0.1, 0.15) is 5.82 Å². The average molecular weight is 267 g/mol. The van der Waals surface area contributed by atoms with Crippen LogP contribution in [0, 0.1) is 0 Å². The summed E-state index contributed by atoms with van der Waals surface area (Å²) in [6.07, 6.45) is 1.78. The average Bonchev–Trinajstić information content (AvgIpc) is 2.41. The van der Waals surface area contributed by atoms with Crippen LogP contribution in [-0.4, -0.2) is 59.1 Å². The molecule has 0 unspecified atom stereocenters. The van der Waals surface area contributed by atoms with E-state index < -0.39 is 0 Å². The van der Waals surface area contributed by atoms with E-state index in [9.17, 15) is 0 Å². The second-order valence-corrected chi connectivity index (χ2v) is 5.40. The maximum Gasteiger partial charge on any atom is 0.224 e. The molecule has 18 heavy (non-hydrogen) atoms. The molecule has 6 heteroatoms. The second-order valence-electron chi connectivity index (χ2n) is 4.18. The van der Waals surface area contributed by atoms with Gasteiger partial charge in [-0.2, -0.15) is 16.7 Å². The van der Waals surface area contributed by atoms with Crippen LogP contribution >= 0.6 is 11.8 Å². The maximum atomic E-state index is 4.39. The maximum absolute atomic E-state index is 4.39. The predicted molar refractivity (Wildman–Crippen MR) is 78.5 cm³/mol. The molecule has 0 aliphatic carbocycles. The first kappa shape index (κ1) is 13.4. The molecule has 0 atom stereocenters. The Bertz CT molecular complexity index is 354. The first-order valence-electron chi connectivity index (χ1n) is 6.49. The lowest BCUT2D eigenvalue weighted by molar-refractivity contribution is 0.314. The lowest BCUT2D eigenvalue weighted by Gasteiger charge is -2.26. The Labute approximate surface area is 113 Å². The first-order chi connectivity index (χ1) is 8.88. The molecule has 0 amide bonds. The van der Waals surface area contributed by atoms with Crippen LogP contribution in [0.2, 0.25) is 0 Å². The summed E-state index contributed by atoms with van der Waals surface area (Å²) in [5.41, 5.74) is 0. The molecule has 100 valence electrons. The number of aromatic nitrogens is 2. The van der Waals surface area contributed by atoms with Crippen molar-refractivity contribution in [3.63, 3.8) is 0 Å². The zero-order valence-corrected chi connectivity index (χ0v) is 11.7. The van der Waals surface area contributed by atoms with Crippen LogP contribution < -0.4 is 10.6 Å². The minimum atomic E-state index is 0.692. The van der Waals surface area contributed by atoms with Crippen molar-refractivity contribution in [2.24, 2.45) is 0 Å². The molecule has 2 N–H and O–H groups in total. The molecule has 1 fully saturated rings. The van der Waals surface area contributed by atoms with Gasteiger partial charge in [0.25, 0.3) is 0 Å². The monoisotopic (exact) mass is 267 g/mol. The summed E-state index contributed by atoms with van der Waals surface area (Å²) in [5.74, 6) is 4.11. The normalized spacial score (nSPS) is 16.5. The van der Waals surface area contributed by atoms with E-state index in [0.717, 1.165) is 25.5 Å². The molecule has 2 heterocycles. The van der Waals surface area contributed by atoms with Gasteiger partial charge in [-0.15, -0.1) is 0 Å². The van der Waals surface area contributed by atoms with E-state index in [4.69, 9.17) is 0 Å².